The molecule has 0 spiro atoms. The molecule has 2 bridgehead atoms. The average molecular weight is 445 g/mol. The summed E-state index contributed by atoms with van der Waals surface area (Å²) in [5.41, 5.74) is 8.16. The van der Waals surface area contributed by atoms with Crippen molar-refractivity contribution in [3.05, 3.63) is 29.7 Å². The fourth-order valence-corrected chi connectivity index (χ4v) is 3.56. The number of H-pyrrole nitrogens is 1. The number of ether oxygens (including phenoxy) is 3. The first-order chi connectivity index (χ1) is 15.4. The number of anilines is 2. The second-order valence-electron chi connectivity index (χ2n) is 7.33. The number of amides is 1. The van der Waals surface area contributed by atoms with E-state index in [1.807, 2.05) is 0 Å². The van der Waals surface area contributed by atoms with Crippen LogP contribution in [0.5, 0.6) is 0 Å². The Morgan fingerprint density at radius 3 is 2.53 bits per heavy atom. The highest BCUT2D eigenvalue weighted by Gasteiger charge is 2.27. The number of benzene rings is 1. The Bertz CT molecular complexity index is 1000. The zero-order valence-corrected chi connectivity index (χ0v) is 18.2. The van der Waals surface area contributed by atoms with Crippen LogP contribution in [-0.2, 0) is 19.0 Å². The molecule has 3 rings (SSSR count). The summed E-state index contributed by atoms with van der Waals surface area (Å²) in [5.74, 6) is -0.569. The summed E-state index contributed by atoms with van der Waals surface area (Å²) in [4.78, 5) is 44.1. The van der Waals surface area contributed by atoms with Gasteiger partial charge in [0.2, 0.25) is 0 Å². The van der Waals surface area contributed by atoms with Gasteiger partial charge in [0, 0.05) is 16.9 Å². The van der Waals surface area contributed by atoms with Gasteiger partial charge < -0.3 is 30.2 Å². The Balaban J connectivity index is 2.17. The number of carbonyl (C=O) groups is 3. The third-order valence-corrected chi connectivity index (χ3v) is 5.24. The molecule has 1 aliphatic heterocycles. The molecule has 1 aliphatic rings. The molecule has 0 fully saturated rings. The monoisotopic (exact) mass is 445 g/mol. The maximum absolute atomic E-state index is 12.5. The van der Waals surface area contributed by atoms with Gasteiger partial charge in [-0.05, 0) is 31.0 Å². The van der Waals surface area contributed by atoms with Crippen LogP contribution in [0.2, 0.25) is 0 Å². The molecule has 32 heavy (non-hydrogen) atoms. The summed E-state index contributed by atoms with van der Waals surface area (Å²) < 4.78 is 14.5. The highest BCUT2D eigenvalue weighted by atomic mass is 16.5. The molecule has 11 nitrogen and oxygen atoms in total. The van der Waals surface area contributed by atoms with Gasteiger partial charge in [0.1, 0.15) is 17.6 Å². The summed E-state index contributed by atoms with van der Waals surface area (Å²) in [6.07, 6.45) is 1.95. The van der Waals surface area contributed by atoms with Crippen LogP contribution in [0.3, 0.4) is 0 Å². The van der Waals surface area contributed by atoms with Crippen molar-refractivity contribution in [1.82, 2.24) is 9.97 Å². The summed E-state index contributed by atoms with van der Waals surface area (Å²) in [6, 6.07) is 3.86. The first-order valence-corrected chi connectivity index (χ1v) is 10.2. The van der Waals surface area contributed by atoms with E-state index in [9.17, 15) is 14.4 Å². The molecule has 1 amide bonds. The highest BCUT2D eigenvalue weighted by molar-refractivity contribution is 5.98. The van der Waals surface area contributed by atoms with Crippen LogP contribution < -0.4 is 16.4 Å². The van der Waals surface area contributed by atoms with Gasteiger partial charge in [-0.25, -0.2) is 19.4 Å². The summed E-state index contributed by atoms with van der Waals surface area (Å²) in [7, 11) is 3.85. The molecule has 5 N–H and O–H groups in total. The number of esters is 2. The average Bonchev–Trinajstić information content (AvgIpc) is 3.24. The van der Waals surface area contributed by atoms with E-state index in [1.54, 1.807) is 18.2 Å². The molecule has 2 aromatic rings. The lowest BCUT2D eigenvalue weighted by Gasteiger charge is -2.21. The molecule has 0 saturated carbocycles. The van der Waals surface area contributed by atoms with Crippen molar-refractivity contribution in [3.63, 3.8) is 0 Å². The minimum atomic E-state index is -0.650. The summed E-state index contributed by atoms with van der Waals surface area (Å²) >= 11 is 0. The van der Waals surface area contributed by atoms with Gasteiger partial charge in [-0.2, -0.15) is 0 Å². The fourth-order valence-electron chi connectivity index (χ4n) is 3.56. The molecule has 11 heteroatoms. The summed E-state index contributed by atoms with van der Waals surface area (Å²) in [6.45, 7) is 0. The van der Waals surface area contributed by atoms with Crippen molar-refractivity contribution in [3.8, 4) is 11.3 Å². The zero-order valence-electron chi connectivity index (χ0n) is 18.2. The Kier molecular flexibility index (Phi) is 7.31. The third kappa shape index (κ3) is 4.99. The second kappa shape index (κ2) is 10.1. The fraction of sp³-hybridized carbons (Fsp3) is 0.429. The maximum Gasteiger partial charge on any atom is 0.411 e. The number of imidazole rings is 1. The van der Waals surface area contributed by atoms with Gasteiger partial charge in [0.15, 0.2) is 5.69 Å². The molecule has 2 atom stereocenters. The van der Waals surface area contributed by atoms with E-state index in [2.05, 4.69) is 25.3 Å². The number of nitrogens with one attached hydrogen (secondary N) is 3. The van der Waals surface area contributed by atoms with E-state index in [4.69, 9.17) is 15.2 Å². The molecular weight excluding hydrogens is 418 g/mol. The van der Waals surface area contributed by atoms with Crippen LogP contribution in [-0.4, -0.2) is 55.4 Å². The quantitative estimate of drug-likeness (QED) is 0.411. The molecule has 1 aromatic heterocycles. The number of aromatic nitrogens is 2. The van der Waals surface area contributed by atoms with Gasteiger partial charge in [0.05, 0.1) is 27.4 Å². The third-order valence-electron chi connectivity index (χ3n) is 5.24. The van der Waals surface area contributed by atoms with E-state index in [0.717, 1.165) is 6.42 Å². The number of nitrogens with two attached hydrogens (primary N) is 1. The first kappa shape index (κ1) is 23.1. The lowest BCUT2D eigenvalue weighted by Crippen LogP contribution is -2.31. The van der Waals surface area contributed by atoms with E-state index >= 15 is 0 Å². The van der Waals surface area contributed by atoms with Gasteiger partial charge in [-0.15, -0.1) is 0 Å². The maximum atomic E-state index is 12.5. The van der Waals surface area contributed by atoms with E-state index < -0.39 is 30.1 Å². The van der Waals surface area contributed by atoms with Crippen LogP contribution >= 0.6 is 0 Å². The summed E-state index contributed by atoms with van der Waals surface area (Å²) in [5, 5.41) is 5.77. The SMILES string of the molecule is COC(=O)Nc1ccc2c(c1)N[C@@H](C(=O)OC)CCCC[C@H](N)c1nc-2c(C(=O)OC)[nH]1. The predicted molar refractivity (Wildman–Crippen MR) is 116 cm³/mol. The smallest absolute Gasteiger partial charge is 0.411 e. The number of hydrogen-bond donors (Lipinski definition) is 4. The number of hydrogen-bond acceptors (Lipinski definition) is 9. The second-order valence-corrected chi connectivity index (χ2v) is 7.33. The molecule has 172 valence electrons. The van der Waals surface area contributed by atoms with Crippen molar-refractivity contribution in [2.45, 2.75) is 37.8 Å². The molecule has 0 radical (unpaired) electrons. The molecule has 0 saturated heterocycles. The molecule has 1 aromatic carbocycles. The van der Waals surface area contributed by atoms with E-state index in [-0.39, 0.29) is 5.69 Å². The standard InChI is InChI=1S/C21H27N5O6/c1-30-19(27)14-7-5-4-6-13(22)18-25-16(17(26-18)20(28)31-2)12-9-8-11(10-15(12)24-14)23-21(29)32-3/h8-10,13-14,24H,4-7,22H2,1-3H3,(H,23,29)(H,25,26)/t13-,14+/m0/s1. The first-order valence-electron chi connectivity index (χ1n) is 10.2. The van der Waals surface area contributed by atoms with Crippen LogP contribution in [0.1, 0.15) is 48.0 Å². The van der Waals surface area contributed by atoms with Gasteiger partial charge in [-0.3, -0.25) is 5.32 Å². The highest BCUT2D eigenvalue weighted by Crippen LogP contribution is 2.35. The number of nitrogens with zero attached hydrogens (tertiary/aromatic N) is 1. The van der Waals surface area contributed by atoms with Crippen molar-refractivity contribution in [2.75, 3.05) is 32.0 Å². The van der Waals surface area contributed by atoms with Crippen LogP contribution in [0.15, 0.2) is 18.2 Å². The Labute approximate surface area is 185 Å². The largest absolute Gasteiger partial charge is 0.467 e. The molecular formula is C21H27N5O6. The lowest BCUT2D eigenvalue weighted by molar-refractivity contribution is -0.141. The minimum absolute atomic E-state index is 0.142. The van der Waals surface area contributed by atoms with Crippen molar-refractivity contribution in [2.24, 2.45) is 5.73 Å². The van der Waals surface area contributed by atoms with Crippen LogP contribution in [0.4, 0.5) is 16.2 Å². The van der Waals surface area contributed by atoms with Crippen molar-refractivity contribution < 1.29 is 28.6 Å². The molecule has 0 unspecified atom stereocenters. The number of methoxy groups -OCH3 is 3. The Morgan fingerprint density at radius 1 is 1.09 bits per heavy atom. The number of rotatable bonds is 3. The van der Waals surface area contributed by atoms with Crippen molar-refractivity contribution in [1.29, 1.82) is 0 Å². The zero-order chi connectivity index (χ0) is 23.3. The normalized spacial score (nSPS) is 18.1. The molecule has 0 aliphatic carbocycles. The number of fused-ring (bicyclic) bond motifs is 4. The molecule has 2 heterocycles. The van der Waals surface area contributed by atoms with Gasteiger partial charge in [0.25, 0.3) is 0 Å². The Hall–Kier alpha value is -3.60. The predicted octanol–water partition coefficient (Wildman–Crippen LogP) is 2.57. The number of carbonyl (C=O) groups excluding carboxylic acids is 3. The van der Waals surface area contributed by atoms with Crippen LogP contribution in [0, 0.1) is 0 Å². The van der Waals surface area contributed by atoms with Gasteiger partial charge in [-0.1, -0.05) is 12.8 Å². The minimum Gasteiger partial charge on any atom is -0.467 e. The van der Waals surface area contributed by atoms with Crippen LogP contribution in [0.25, 0.3) is 11.3 Å². The van der Waals surface area contributed by atoms with E-state index in [1.165, 1.54) is 21.3 Å². The van der Waals surface area contributed by atoms with Gasteiger partial charge >= 0.3 is 18.0 Å². The Morgan fingerprint density at radius 2 is 1.84 bits per heavy atom. The lowest BCUT2D eigenvalue weighted by atomic mass is 10.0. The topological polar surface area (TPSA) is 158 Å². The van der Waals surface area contributed by atoms with Crippen molar-refractivity contribution >= 4 is 29.4 Å². The number of aromatic amines is 1. The van der Waals surface area contributed by atoms with E-state index in [0.29, 0.717) is 47.7 Å².